The van der Waals surface area contributed by atoms with E-state index >= 15 is 0 Å². The Morgan fingerprint density at radius 1 is 1.27 bits per heavy atom. The standard InChI is InChI=1S/C18H17ClN4O3/c1-10-14(11-2-4-12(19)5-3-11)21-22-15(10)16(25)23-7-6-18(9-23)8-13(24)20-17(18)26/h2-5H,6-9H2,1H3,(H,21,22)(H,20,24,26). The van der Waals surface area contributed by atoms with E-state index in [1.807, 2.05) is 19.1 Å². The number of nitrogens with zero attached hydrogens (tertiary/aromatic N) is 2. The van der Waals surface area contributed by atoms with Crippen LogP contribution in [-0.2, 0) is 9.59 Å². The van der Waals surface area contributed by atoms with Crippen LogP contribution in [0.5, 0.6) is 0 Å². The lowest BCUT2D eigenvalue weighted by Crippen LogP contribution is -2.37. The first-order chi connectivity index (χ1) is 12.4. The molecule has 3 heterocycles. The molecule has 4 rings (SSSR count). The molecule has 2 aliphatic heterocycles. The molecule has 0 saturated carbocycles. The van der Waals surface area contributed by atoms with E-state index in [4.69, 9.17) is 11.6 Å². The molecule has 1 aromatic carbocycles. The average molecular weight is 373 g/mol. The number of benzene rings is 1. The first-order valence-corrected chi connectivity index (χ1v) is 8.72. The lowest BCUT2D eigenvalue weighted by atomic mass is 9.85. The van der Waals surface area contributed by atoms with E-state index in [1.54, 1.807) is 17.0 Å². The summed E-state index contributed by atoms with van der Waals surface area (Å²) in [5.41, 5.74) is 1.91. The monoisotopic (exact) mass is 372 g/mol. The number of aromatic amines is 1. The lowest BCUT2D eigenvalue weighted by molar-refractivity contribution is -0.128. The van der Waals surface area contributed by atoms with Crippen molar-refractivity contribution in [1.82, 2.24) is 20.4 Å². The minimum absolute atomic E-state index is 0.146. The number of aromatic nitrogens is 2. The molecule has 1 atom stereocenters. The van der Waals surface area contributed by atoms with Crippen LogP contribution in [0.4, 0.5) is 0 Å². The molecule has 7 nitrogen and oxygen atoms in total. The Labute approximate surface area is 154 Å². The van der Waals surface area contributed by atoms with Crippen LogP contribution in [0.25, 0.3) is 11.3 Å². The van der Waals surface area contributed by atoms with Gasteiger partial charge < -0.3 is 4.90 Å². The zero-order valence-corrected chi connectivity index (χ0v) is 14.9. The molecule has 134 valence electrons. The summed E-state index contributed by atoms with van der Waals surface area (Å²) in [6.07, 6.45) is 0.640. The third-order valence-corrected chi connectivity index (χ3v) is 5.47. The van der Waals surface area contributed by atoms with Crippen molar-refractivity contribution in [2.24, 2.45) is 5.41 Å². The molecule has 8 heteroatoms. The minimum Gasteiger partial charge on any atom is -0.336 e. The summed E-state index contributed by atoms with van der Waals surface area (Å²) in [7, 11) is 0. The number of hydrogen-bond donors (Lipinski definition) is 2. The van der Waals surface area contributed by atoms with Gasteiger partial charge in [-0.25, -0.2) is 0 Å². The molecular weight excluding hydrogens is 356 g/mol. The van der Waals surface area contributed by atoms with Crippen LogP contribution < -0.4 is 5.32 Å². The quantitative estimate of drug-likeness (QED) is 0.787. The highest BCUT2D eigenvalue weighted by Gasteiger charge is 2.52. The number of nitrogens with one attached hydrogen (secondary N) is 2. The number of hydrogen-bond acceptors (Lipinski definition) is 4. The molecule has 0 bridgehead atoms. The van der Waals surface area contributed by atoms with E-state index in [2.05, 4.69) is 15.5 Å². The molecule has 0 radical (unpaired) electrons. The van der Waals surface area contributed by atoms with Gasteiger partial charge in [0.1, 0.15) is 5.69 Å². The van der Waals surface area contributed by atoms with Crippen LogP contribution in [0.3, 0.4) is 0 Å². The van der Waals surface area contributed by atoms with Crippen molar-refractivity contribution in [2.45, 2.75) is 19.8 Å². The largest absolute Gasteiger partial charge is 0.336 e. The first kappa shape index (κ1) is 16.8. The van der Waals surface area contributed by atoms with Gasteiger partial charge in [-0.2, -0.15) is 5.10 Å². The van der Waals surface area contributed by atoms with Crippen LogP contribution in [0.2, 0.25) is 5.02 Å². The average Bonchev–Trinajstić information content (AvgIpc) is 3.27. The van der Waals surface area contributed by atoms with Gasteiger partial charge in [-0.3, -0.25) is 24.8 Å². The number of carbonyl (C=O) groups excluding carboxylic acids is 3. The summed E-state index contributed by atoms with van der Waals surface area (Å²) in [4.78, 5) is 38.2. The van der Waals surface area contributed by atoms with E-state index in [1.165, 1.54) is 0 Å². The van der Waals surface area contributed by atoms with Crippen LogP contribution in [0.1, 0.15) is 28.9 Å². The van der Waals surface area contributed by atoms with Gasteiger partial charge in [0.15, 0.2) is 0 Å². The zero-order valence-electron chi connectivity index (χ0n) is 14.1. The number of amides is 3. The van der Waals surface area contributed by atoms with Crippen LogP contribution in [0, 0.1) is 12.3 Å². The molecule has 2 saturated heterocycles. The Kier molecular flexibility index (Phi) is 3.84. The first-order valence-electron chi connectivity index (χ1n) is 8.34. The number of H-pyrrole nitrogens is 1. The Morgan fingerprint density at radius 2 is 2.00 bits per heavy atom. The van der Waals surface area contributed by atoms with Gasteiger partial charge in [0.05, 0.1) is 11.1 Å². The van der Waals surface area contributed by atoms with Gasteiger partial charge in [0, 0.05) is 35.7 Å². The molecule has 1 aromatic heterocycles. The van der Waals surface area contributed by atoms with Crippen LogP contribution >= 0.6 is 11.6 Å². The van der Waals surface area contributed by atoms with Gasteiger partial charge in [0.2, 0.25) is 11.8 Å². The molecule has 1 spiro atoms. The van der Waals surface area contributed by atoms with Gasteiger partial charge in [-0.05, 0) is 25.5 Å². The third kappa shape index (κ3) is 2.59. The highest BCUT2D eigenvalue weighted by molar-refractivity contribution is 6.30. The predicted molar refractivity (Wildman–Crippen MR) is 94.5 cm³/mol. The SMILES string of the molecule is Cc1c(-c2ccc(Cl)cc2)n[nH]c1C(=O)N1CCC2(CC(=O)NC2=O)C1. The smallest absolute Gasteiger partial charge is 0.272 e. The zero-order chi connectivity index (χ0) is 18.5. The maximum atomic E-state index is 12.9. The molecule has 2 N–H and O–H groups in total. The van der Waals surface area contributed by atoms with Gasteiger partial charge in [0.25, 0.3) is 5.91 Å². The fourth-order valence-electron chi connectivity index (χ4n) is 3.72. The Hall–Kier alpha value is -2.67. The third-order valence-electron chi connectivity index (χ3n) is 5.22. The Bertz CT molecular complexity index is 921. The van der Waals surface area contributed by atoms with Crippen LogP contribution in [0.15, 0.2) is 24.3 Å². The molecule has 0 aliphatic carbocycles. The molecular formula is C18H17ClN4O3. The number of imide groups is 1. The van der Waals surface area contributed by atoms with Crippen molar-refractivity contribution in [3.63, 3.8) is 0 Å². The van der Waals surface area contributed by atoms with E-state index in [-0.39, 0.29) is 30.7 Å². The number of carbonyl (C=O) groups is 3. The van der Waals surface area contributed by atoms with Crippen molar-refractivity contribution in [3.8, 4) is 11.3 Å². The summed E-state index contributed by atoms with van der Waals surface area (Å²) >= 11 is 5.92. The number of likely N-dealkylation sites (tertiary alicyclic amines) is 1. The maximum Gasteiger partial charge on any atom is 0.272 e. The van der Waals surface area contributed by atoms with Crippen molar-refractivity contribution in [1.29, 1.82) is 0 Å². The minimum atomic E-state index is -0.778. The molecule has 2 fully saturated rings. The van der Waals surface area contributed by atoms with Crippen molar-refractivity contribution in [2.75, 3.05) is 13.1 Å². The van der Waals surface area contributed by atoms with E-state index in [0.29, 0.717) is 29.4 Å². The Balaban J connectivity index is 1.57. The second kappa shape index (κ2) is 5.95. The summed E-state index contributed by atoms with van der Waals surface area (Å²) in [5, 5.41) is 10.1. The van der Waals surface area contributed by atoms with E-state index in [0.717, 1.165) is 11.1 Å². The van der Waals surface area contributed by atoms with Gasteiger partial charge in [-0.1, -0.05) is 23.7 Å². The van der Waals surface area contributed by atoms with Gasteiger partial charge >= 0.3 is 0 Å². The van der Waals surface area contributed by atoms with E-state index < -0.39 is 5.41 Å². The van der Waals surface area contributed by atoms with Crippen molar-refractivity contribution in [3.05, 3.63) is 40.5 Å². The molecule has 1 unspecified atom stereocenters. The number of rotatable bonds is 2. The highest BCUT2D eigenvalue weighted by Crippen LogP contribution is 2.38. The molecule has 3 amide bonds. The van der Waals surface area contributed by atoms with Crippen molar-refractivity contribution < 1.29 is 14.4 Å². The lowest BCUT2D eigenvalue weighted by Gasteiger charge is -2.20. The second-order valence-corrected chi connectivity index (χ2v) is 7.33. The topological polar surface area (TPSA) is 95.2 Å². The molecule has 2 aliphatic rings. The normalized spacial score (nSPS) is 22.3. The van der Waals surface area contributed by atoms with E-state index in [9.17, 15) is 14.4 Å². The fourth-order valence-corrected chi connectivity index (χ4v) is 3.85. The second-order valence-electron chi connectivity index (χ2n) is 6.89. The molecule has 2 aromatic rings. The highest BCUT2D eigenvalue weighted by atomic mass is 35.5. The predicted octanol–water partition coefficient (Wildman–Crippen LogP) is 1.92. The summed E-state index contributed by atoms with van der Waals surface area (Å²) < 4.78 is 0. The summed E-state index contributed by atoms with van der Waals surface area (Å²) in [6.45, 7) is 2.52. The summed E-state index contributed by atoms with van der Waals surface area (Å²) in [5.74, 6) is -0.757. The maximum absolute atomic E-state index is 12.9. The number of halogens is 1. The van der Waals surface area contributed by atoms with Gasteiger partial charge in [-0.15, -0.1) is 0 Å². The summed E-state index contributed by atoms with van der Waals surface area (Å²) in [6, 6.07) is 7.23. The Morgan fingerprint density at radius 3 is 2.65 bits per heavy atom. The molecule has 26 heavy (non-hydrogen) atoms. The fraction of sp³-hybridized carbons (Fsp3) is 0.333. The van der Waals surface area contributed by atoms with Crippen molar-refractivity contribution >= 4 is 29.3 Å². The van der Waals surface area contributed by atoms with Crippen LogP contribution in [-0.4, -0.2) is 45.9 Å².